The highest BCUT2D eigenvalue weighted by Crippen LogP contribution is 2.31. The van der Waals surface area contributed by atoms with Crippen LogP contribution in [0.1, 0.15) is 44.0 Å². The number of nitrogens with one attached hydrogen (secondary N) is 2. The number of ether oxygens (including phenoxy) is 2. The van der Waals surface area contributed by atoms with E-state index in [1.165, 1.54) is 6.92 Å². The molecule has 2 rings (SSSR count). The molecule has 2 aromatic carbocycles. The largest absolute Gasteiger partial charge is 0.497 e. The van der Waals surface area contributed by atoms with E-state index in [1.807, 2.05) is 42.5 Å². The first kappa shape index (κ1) is 18.8. The van der Waals surface area contributed by atoms with Crippen molar-refractivity contribution >= 4 is 11.6 Å². The molecule has 5 heteroatoms. The Labute approximate surface area is 149 Å². The first-order valence-electron chi connectivity index (χ1n) is 8.30. The summed E-state index contributed by atoms with van der Waals surface area (Å²) in [6.45, 7) is 5.70. The molecule has 0 aliphatic rings. The van der Waals surface area contributed by atoms with Crippen LogP contribution in [0.4, 0.5) is 5.69 Å². The van der Waals surface area contributed by atoms with Crippen LogP contribution in [0.25, 0.3) is 0 Å². The molecule has 0 saturated carbocycles. The Balaban J connectivity index is 2.14. The maximum atomic E-state index is 11.2. The zero-order valence-electron chi connectivity index (χ0n) is 15.4. The van der Waals surface area contributed by atoms with Crippen molar-refractivity contribution < 1.29 is 14.3 Å². The number of hydrogen-bond acceptors (Lipinski definition) is 4. The van der Waals surface area contributed by atoms with Crippen LogP contribution >= 0.6 is 0 Å². The van der Waals surface area contributed by atoms with E-state index in [9.17, 15) is 4.79 Å². The SMILES string of the molecule is COc1ccc(C(C)NC(C)c2cccc(NC(C)=O)c2)c(OC)c1. The summed E-state index contributed by atoms with van der Waals surface area (Å²) in [6, 6.07) is 13.9. The first-order valence-corrected chi connectivity index (χ1v) is 8.30. The van der Waals surface area contributed by atoms with Gasteiger partial charge in [-0.05, 0) is 37.6 Å². The number of carbonyl (C=O) groups is 1. The van der Waals surface area contributed by atoms with Gasteiger partial charge in [-0.2, -0.15) is 0 Å². The molecule has 2 aromatic rings. The maximum Gasteiger partial charge on any atom is 0.221 e. The Hall–Kier alpha value is -2.53. The standard InChI is InChI=1S/C20H26N2O3/c1-13(16-7-6-8-17(11-16)22-15(3)23)21-14(2)19-10-9-18(24-4)12-20(19)25-5/h6-14,21H,1-5H3,(H,22,23). The van der Waals surface area contributed by atoms with Gasteiger partial charge in [0.25, 0.3) is 0 Å². The molecule has 2 unspecified atom stereocenters. The predicted octanol–water partition coefficient (Wildman–Crippen LogP) is 4.07. The van der Waals surface area contributed by atoms with E-state index in [1.54, 1.807) is 14.2 Å². The van der Waals surface area contributed by atoms with Gasteiger partial charge in [0, 0.05) is 36.3 Å². The topological polar surface area (TPSA) is 59.6 Å². The van der Waals surface area contributed by atoms with Crippen LogP contribution in [0.15, 0.2) is 42.5 Å². The van der Waals surface area contributed by atoms with E-state index in [2.05, 4.69) is 24.5 Å². The molecule has 0 aliphatic carbocycles. The lowest BCUT2D eigenvalue weighted by molar-refractivity contribution is -0.114. The summed E-state index contributed by atoms with van der Waals surface area (Å²) in [7, 11) is 3.30. The van der Waals surface area contributed by atoms with Crippen LogP contribution in [0, 0.1) is 0 Å². The van der Waals surface area contributed by atoms with E-state index in [0.29, 0.717) is 0 Å². The normalized spacial score (nSPS) is 13.0. The van der Waals surface area contributed by atoms with Gasteiger partial charge in [0.15, 0.2) is 0 Å². The lowest BCUT2D eigenvalue weighted by atomic mass is 10.0. The number of amides is 1. The Morgan fingerprint density at radius 1 is 1.00 bits per heavy atom. The van der Waals surface area contributed by atoms with Gasteiger partial charge in [0.05, 0.1) is 14.2 Å². The highest BCUT2D eigenvalue weighted by atomic mass is 16.5. The van der Waals surface area contributed by atoms with Crippen LogP contribution in [-0.2, 0) is 4.79 Å². The molecule has 0 bridgehead atoms. The Kier molecular flexibility index (Phi) is 6.42. The molecule has 5 nitrogen and oxygen atoms in total. The molecule has 0 aliphatic heterocycles. The van der Waals surface area contributed by atoms with Crippen molar-refractivity contribution in [2.24, 2.45) is 0 Å². The Bertz CT molecular complexity index is 731. The van der Waals surface area contributed by atoms with E-state index in [4.69, 9.17) is 9.47 Å². The van der Waals surface area contributed by atoms with Crippen LogP contribution in [0.3, 0.4) is 0 Å². The Morgan fingerprint density at radius 2 is 1.76 bits per heavy atom. The van der Waals surface area contributed by atoms with Crippen molar-refractivity contribution in [1.82, 2.24) is 5.32 Å². The van der Waals surface area contributed by atoms with Gasteiger partial charge in [-0.15, -0.1) is 0 Å². The van der Waals surface area contributed by atoms with E-state index in [-0.39, 0.29) is 18.0 Å². The number of carbonyl (C=O) groups excluding carboxylic acids is 1. The van der Waals surface area contributed by atoms with Crippen molar-refractivity contribution in [3.63, 3.8) is 0 Å². The highest BCUT2D eigenvalue weighted by Gasteiger charge is 2.16. The fourth-order valence-electron chi connectivity index (χ4n) is 2.83. The first-order chi connectivity index (χ1) is 11.9. The third-order valence-corrected chi connectivity index (χ3v) is 4.11. The minimum Gasteiger partial charge on any atom is -0.497 e. The summed E-state index contributed by atoms with van der Waals surface area (Å²) in [5.41, 5.74) is 2.96. The smallest absolute Gasteiger partial charge is 0.221 e. The van der Waals surface area contributed by atoms with Crippen LogP contribution in [-0.4, -0.2) is 20.1 Å². The van der Waals surface area contributed by atoms with Crippen molar-refractivity contribution in [3.8, 4) is 11.5 Å². The number of rotatable bonds is 7. The fourth-order valence-corrected chi connectivity index (χ4v) is 2.83. The number of anilines is 1. The average Bonchev–Trinajstić information content (AvgIpc) is 2.60. The summed E-state index contributed by atoms with van der Waals surface area (Å²) in [5.74, 6) is 1.48. The van der Waals surface area contributed by atoms with Crippen molar-refractivity contribution in [1.29, 1.82) is 0 Å². The molecular weight excluding hydrogens is 316 g/mol. The summed E-state index contributed by atoms with van der Waals surface area (Å²) in [5, 5.41) is 6.39. The number of benzene rings is 2. The molecular formula is C20H26N2O3. The lowest BCUT2D eigenvalue weighted by Crippen LogP contribution is -2.23. The minimum absolute atomic E-state index is 0.0749. The fraction of sp³-hybridized carbons (Fsp3) is 0.350. The summed E-state index contributed by atoms with van der Waals surface area (Å²) >= 11 is 0. The molecule has 134 valence electrons. The monoisotopic (exact) mass is 342 g/mol. The molecule has 0 saturated heterocycles. The predicted molar refractivity (Wildman–Crippen MR) is 100 cm³/mol. The summed E-state index contributed by atoms with van der Waals surface area (Å²) in [6.07, 6.45) is 0. The molecule has 0 spiro atoms. The van der Waals surface area contributed by atoms with Crippen molar-refractivity contribution in [2.75, 3.05) is 19.5 Å². The number of methoxy groups -OCH3 is 2. The second-order valence-corrected chi connectivity index (χ2v) is 6.02. The molecule has 2 N–H and O–H groups in total. The quantitative estimate of drug-likeness (QED) is 0.796. The summed E-state index contributed by atoms with van der Waals surface area (Å²) < 4.78 is 10.7. The van der Waals surface area contributed by atoms with Crippen molar-refractivity contribution in [2.45, 2.75) is 32.9 Å². The van der Waals surface area contributed by atoms with E-state index < -0.39 is 0 Å². The molecule has 1 amide bonds. The van der Waals surface area contributed by atoms with Gasteiger partial charge >= 0.3 is 0 Å². The third-order valence-electron chi connectivity index (χ3n) is 4.11. The molecule has 0 radical (unpaired) electrons. The van der Waals surface area contributed by atoms with E-state index in [0.717, 1.165) is 28.3 Å². The molecule has 25 heavy (non-hydrogen) atoms. The van der Waals surface area contributed by atoms with Gasteiger partial charge < -0.3 is 20.1 Å². The molecule has 0 fully saturated rings. The van der Waals surface area contributed by atoms with Gasteiger partial charge in [-0.25, -0.2) is 0 Å². The molecule has 0 aromatic heterocycles. The van der Waals surface area contributed by atoms with Gasteiger partial charge in [0.1, 0.15) is 11.5 Å². The second-order valence-electron chi connectivity index (χ2n) is 6.02. The van der Waals surface area contributed by atoms with Crippen LogP contribution in [0.5, 0.6) is 11.5 Å². The maximum absolute atomic E-state index is 11.2. The van der Waals surface area contributed by atoms with Crippen LogP contribution < -0.4 is 20.1 Å². The van der Waals surface area contributed by atoms with Crippen LogP contribution in [0.2, 0.25) is 0 Å². The zero-order valence-corrected chi connectivity index (χ0v) is 15.4. The molecule has 2 atom stereocenters. The minimum atomic E-state index is -0.0749. The Morgan fingerprint density at radius 3 is 2.40 bits per heavy atom. The van der Waals surface area contributed by atoms with Gasteiger partial charge in [-0.3, -0.25) is 4.79 Å². The third kappa shape index (κ3) is 4.97. The highest BCUT2D eigenvalue weighted by molar-refractivity contribution is 5.88. The van der Waals surface area contributed by atoms with Gasteiger partial charge in [0.2, 0.25) is 5.91 Å². The number of hydrogen-bond donors (Lipinski definition) is 2. The van der Waals surface area contributed by atoms with Crippen molar-refractivity contribution in [3.05, 3.63) is 53.6 Å². The lowest BCUT2D eigenvalue weighted by Gasteiger charge is -2.23. The van der Waals surface area contributed by atoms with E-state index >= 15 is 0 Å². The average molecular weight is 342 g/mol. The van der Waals surface area contributed by atoms with Gasteiger partial charge in [-0.1, -0.05) is 18.2 Å². The second kappa shape index (κ2) is 8.53. The summed E-state index contributed by atoms with van der Waals surface area (Å²) in [4.78, 5) is 11.2. The molecule has 0 heterocycles. The zero-order chi connectivity index (χ0) is 18.4.